The van der Waals surface area contributed by atoms with Crippen molar-refractivity contribution in [1.29, 1.82) is 0 Å². The van der Waals surface area contributed by atoms with E-state index in [4.69, 9.17) is 9.26 Å². The lowest BCUT2D eigenvalue weighted by atomic mass is 10.1. The second-order valence-electron chi connectivity index (χ2n) is 3.49. The Hall–Kier alpha value is -1.36. The molecule has 0 amide bonds. The van der Waals surface area contributed by atoms with Crippen LogP contribution in [-0.2, 0) is 15.9 Å². The van der Waals surface area contributed by atoms with Gasteiger partial charge in [0.1, 0.15) is 0 Å². The molecule has 1 aromatic heterocycles. The number of hydrogen-bond donors (Lipinski definition) is 0. The van der Waals surface area contributed by atoms with E-state index in [0.717, 1.165) is 31.6 Å². The lowest BCUT2D eigenvalue weighted by Gasteiger charge is -2.25. The van der Waals surface area contributed by atoms with Gasteiger partial charge in [-0.15, -0.1) is 0 Å². The Bertz CT molecular complexity index is 343. The largest absolute Gasteiger partial charge is 0.463 e. The quantitative estimate of drug-likeness (QED) is 0.700. The molecule has 5 heteroatoms. The third kappa shape index (κ3) is 2.36. The topological polar surface area (TPSA) is 61.6 Å². The first-order valence-electron chi connectivity index (χ1n) is 4.95. The Morgan fingerprint density at radius 2 is 2.53 bits per heavy atom. The van der Waals surface area contributed by atoms with E-state index in [1.54, 1.807) is 6.07 Å². The van der Waals surface area contributed by atoms with Crippen LogP contribution < -0.4 is 0 Å². The van der Waals surface area contributed by atoms with Crippen molar-refractivity contribution in [1.82, 2.24) is 5.16 Å². The number of carbonyl (C=O) groups is 1. The maximum Gasteiger partial charge on any atom is 0.376 e. The van der Waals surface area contributed by atoms with Crippen molar-refractivity contribution in [3.63, 3.8) is 0 Å². The molecule has 1 unspecified atom stereocenters. The molecule has 1 aromatic rings. The van der Waals surface area contributed by atoms with Gasteiger partial charge < -0.3 is 14.0 Å². The summed E-state index contributed by atoms with van der Waals surface area (Å²) in [6.45, 7) is 0.858. The number of ether oxygens (including phenoxy) is 2. The molecule has 0 saturated carbocycles. The molecule has 2 rings (SSSR count). The number of rotatable bonds is 4. The van der Waals surface area contributed by atoms with Crippen molar-refractivity contribution >= 4 is 5.97 Å². The number of methoxy groups -OCH3 is 1. The van der Waals surface area contributed by atoms with E-state index in [9.17, 15) is 4.79 Å². The summed E-state index contributed by atoms with van der Waals surface area (Å²) in [5, 5.41) is 3.78. The lowest BCUT2D eigenvalue weighted by Crippen LogP contribution is -2.26. The summed E-state index contributed by atoms with van der Waals surface area (Å²) in [7, 11) is 1.31. The Kier molecular flexibility index (Phi) is 3.01. The Morgan fingerprint density at radius 1 is 1.73 bits per heavy atom. The monoisotopic (exact) mass is 211 g/mol. The predicted molar refractivity (Wildman–Crippen MR) is 50.5 cm³/mol. The van der Waals surface area contributed by atoms with E-state index < -0.39 is 5.97 Å². The van der Waals surface area contributed by atoms with Gasteiger partial charge in [0, 0.05) is 12.7 Å². The molecule has 1 aliphatic heterocycles. The minimum Gasteiger partial charge on any atom is -0.463 e. The molecule has 1 fully saturated rings. The highest BCUT2D eigenvalue weighted by molar-refractivity contribution is 5.86. The van der Waals surface area contributed by atoms with E-state index >= 15 is 0 Å². The average molecular weight is 211 g/mol. The fourth-order valence-electron chi connectivity index (χ4n) is 1.45. The maximum atomic E-state index is 11.1. The van der Waals surface area contributed by atoms with Crippen molar-refractivity contribution in [3.05, 3.63) is 17.5 Å². The summed E-state index contributed by atoms with van der Waals surface area (Å²) in [6.07, 6.45) is 3.16. The van der Waals surface area contributed by atoms with Gasteiger partial charge in [0.2, 0.25) is 5.76 Å². The average Bonchev–Trinajstić information content (AvgIpc) is 2.63. The molecule has 2 heterocycles. The summed E-state index contributed by atoms with van der Waals surface area (Å²) in [5.74, 6) is -0.337. The fraction of sp³-hybridized carbons (Fsp3) is 0.600. The van der Waals surface area contributed by atoms with Crippen molar-refractivity contribution < 1.29 is 18.8 Å². The molecule has 0 aromatic carbocycles. The van der Waals surface area contributed by atoms with Crippen LogP contribution in [0.25, 0.3) is 0 Å². The van der Waals surface area contributed by atoms with E-state index in [1.165, 1.54) is 7.11 Å². The SMILES string of the molecule is COC(=O)c1cc(CCC2CCO2)no1. The Balaban J connectivity index is 1.86. The molecule has 5 nitrogen and oxygen atoms in total. The van der Waals surface area contributed by atoms with Gasteiger partial charge in [-0.2, -0.15) is 0 Å². The van der Waals surface area contributed by atoms with Crippen LogP contribution >= 0.6 is 0 Å². The summed E-state index contributed by atoms with van der Waals surface area (Å²) in [6, 6.07) is 1.62. The minimum absolute atomic E-state index is 0.155. The second kappa shape index (κ2) is 4.44. The zero-order chi connectivity index (χ0) is 10.7. The predicted octanol–water partition coefficient (Wildman–Crippen LogP) is 1.18. The fourth-order valence-corrected chi connectivity index (χ4v) is 1.45. The van der Waals surface area contributed by atoms with Gasteiger partial charge in [0.15, 0.2) is 0 Å². The number of aryl methyl sites for hydroxylation is 1. The maximum absolute atomic E-state index is 11.1. The molecule has 0 radical (unpaired) electrons. The van der Waals surface area contributed by atoms with Gasteiger partial charge in [-0.1, -0.05) is 5.16 Å². The third-order valence-corrected chi connectivity index (χ3v) is 2.46. The summed E-state index contributed by atoms with van der Waals surface area (Å²) < 4.78 is 14.6. The van der Waals surface area contributed by atoms with Crippen LogP contribution in [0.1, 0.15) is 29.1 Å². The minimum atomic E-state index is -0.492. The van der Waals surface area contributed by atoms with Crippen LogP contribution in [0.4, 0.5) is 0 Å². The molecule has 0 aliphatic carbocycles. The Morgan fingerprint density at radius 3 is 3.13 bits per heavy atom. The molecule has 1 aliphatic rings. The van der Waals surface area contributed by atoms with Crippen LogP contribution in [0.15, 0.2) is 10.6 Å². The van der Waals surface area contributed by atoms with Crippen molar-refractivity contribution in [2.75, 3.05) is 13.7 Å². The first kappa shape index (κ1) is 10.2. The highest BCUT2D eigenvalue weighted by Crippen LogP contribution is 2.17. The van der Waals surface area contributed by atoms with Crippen LogP contribution in [0, 0.1) is 0 Å². The van der Waals surface area contributed by atoms with Crippen molar-refractivity contribution in [2.24, 2.45) is 0 Å². The molecule has 0 N–H and O–H groups in total. The smallest absolute Gasteiger partial charge is 0.376 e. The highest BCUT2D eigenvalue weighted by Gasteiger charge is 2.19. The summed E-state index contributed by atoms with van der Waals surface area (Å²) >= 11 is 0. The first-order valence-corrected chi connectivity index (χ1v) is 4.95. The zero-order valence-corrected chi connectivity index (χ0v) is 8.56. The van der Waals surface area contributed by atoms with Gasteiger partial charge in [0.05, 0.1) is 18.9 Å². The van der Waals surface area contributed by atoms with Crippen LogP contribution in [0.2, 0.25) is 0 Å². The molecule has 15 heavy (non-hydrogen) atoms. The molecular formula is C10H13NO4. The van der Waals surface area contributed by atoms with Gasteiger partial charge >= 0.3 is 5.97 Å². The Labute approximate surface area is 87.3 Å². The molecular weight excluding hydrogens is 198 g/mol. The second-order valence-corrected chi connectivity index (χ2v) is 3.49. The molecule has 0 spiro atoms. The zero-order valence-electron chi connectivity index (χ0n) is 8.56. The number of esters is 1. The number of hydrogen-bond acceptors (Lipinski definition) is 5. The lowest BCUT2D eigenvalue weighted by molar-refractivity contribution is -0.0543. The highest BCUT2D eigenvalue weighted by atomic mass is 16.5. The normalized spacial score (nSPS) is 19.7. The summed E-state index contributed by atoms with van der Waals surface area (Å²) in [4.78, 5) is 11.1. The van der Waals surface area contributed by atoms with E-state index in [0.29, 0.717) is 6.10 Å². The van der Waals surface area contributed by atoms with E-state index in [1.807, 2.05) is 0 Å². The summed E-state index contributed by atoms with van der Waals surface area (Å²) in [5.41, 5.74) is 0.769. The van der Waals surface area contributed by atoms with Crippen LogP contribution in [0.3, 0.4) is 0 Å². The van der Waals surface area contributed by atoms with E-state index in [-0.39, 0.29) is 5.76 Å². The molecule has 0 bridgehead atoms. The van der Waals surface area contributed by atoms with Crippen molar-refractivity contribution in [2.45, 2.75) is 25.4 Å². The number of nitrogens with zero attached hydrogens (tertiary/aromatic N) is 1. The first-order chi connectivity index (χ1) is 7.29. The number of carbonyl (C=O) groups excluding carboxylic acids is 1. The van der Waals surface area contributed by atoms with Gasteiger partial charge in [-0.05, 0) is 19.3 Å². The molecule has 1 atom stereocenters. The number of aromatic nitrogens is 1. The van der Waals surface area contributed by atoms with Crippen LogP contribution in [0.5, 0.6) is 0 Å². The van der Waals surface area contributed by atoms with Gasteiger partial charge in [0.25, 0.3) is 0 Å². The molecule has 82 valence electrons. The molecule has 1 saturated heterocycles. The van der Waals surface area contributed by atoms with Gasteiger partial charge in [-0.3, -0.25) is 0 Å². The van der Waals surface area contributed by atoms with Crippen molar-refractivity contribution in [3.8, 4) is 0 Å². The van der Waals surface area contributed by atoms with Gasteiger partial charge in [-0.25, -0.2) is 4.79 Å². The third-order valence-electron chi connectivity index (χ3n) is 2.46. The van der Waals surface area contributed by atoms with E-state index in [2.05, 4.69) is 9.89 Å². The van der Waals surface area contributed by atoms with Crippen LogP contribution in [-0.4, -0.2) is 30.9 Å². The standard InChI is InChI=1S/C10H13NO4/c1-13-10(12)9-6-7(11-15-9)2-3-8-4-5-14-8/h6,8H,2-5H2,1H3.